The highest BCUT2D eigenvalue weighted by atomic mass is 16.6. The first-order chi connectivity index (χ1) is 16.6. The quantitative estimate of drug-likeness (QED) is 0.298. The molecule has 9 nitrogen and oxygen atoms in total. The number of pyridine rings is 1. The van der Waals surface area contributed by atoms with Gasteiger partial charge in [-0.1, -0.05) is 30.3 Å². The Morgan fingerprint density at radius 1 is 1.03 bits per heavy atom. The highest BCUT2D eigenvalue weighted by Gasteiger charge is 2.43. The largest absolute Gasteiger partial charge is 0.439 e. The number of nitro groups is 1. The number of aromatic nitrogens is 1. The Balaban J connectivity index is 1.52. The summed E-state index contributed by atoms with van der Waals surface area (Å²) in [5, 5.41) is 17.4. The molecule has 0 unspecified atom stereocenters. The van der Waals surface area contributed by atoms with Gasteiger partial charge in [-0.3, -0.25) is 10.1 Å². The van der Waals surface area contributed by atoms with Crippen LogP contribution in [0, 0.1) is 10.1 Å². The number of anilines is 2. The molecule has 1 aliphatic rings. The van der Waals surface area contributed by atoms with E-state index in [1.54, 1.807) is 24.3 Å². The van der Waals surface area contributed by atoms with E-state index in [2.05, 4.69) is 15.6 Å². The van der Waals surface area contributed by atoms with Gasteiger partial charge in [0.25, 0.3) is 0 Å². The minimum atomic E-state index is -0.665. The summed E-state index contributed by atoms with van der Waals surface area (Å²) in [7, 11) is 0. The van der Waals surface area contributed by atoms with Crippen LogP contribution in [0.1, 0.15) is 45.6 Å². The van der Waals surface area contributed by atoms with Crippen LogP contribution in [0.15, 0.2) is 66.7 Å². The fraction of sp³-hybridized carbons (Fsp3) is 0.308. The Bertz CT molecular complexity index is 1200. The van der Waals surface area contributed by atoms with Crippen molar-refractivity contribution in [3.05, 3.63) is 82.4 Å². The minimum absolute atomic E-state index is 0.0651. The summed E-state index contributed by atoms with van der Waals surface area (Å²) in [5.74, 6) is 0.869. The number of para-hydroxylation sites is 1. The maximum atomic E-state index is 12.4. The SMILES string of the molecule is CC(C)(C)NC(=O)OC1(c2ccc(Nc3nc(Oc4ccccc4)ccc3[N+](=O)[O-])cc2)CCC1. The molecule has 1 saturated carbocycles. The van der Waals surface area contributed by atoms with Crippen molar-refractivity contribution in [3.8, 4) is 11.6 Å². The van der Waals surface area contributed by atoms with E-state index < -0.39 is 22.2 Å². The molecule has 0 radical (unpaired) electrons. The molecular weight excluding hydrogens is 448 g/mol. The number of nitrogens with one attached hydrogen (secondary N) is 2. The highest BCUT2D eigenvalue weighted by molar-refractivity contribution is 5.69. The van der Waals surface area contributed by atoms with Gasteiger partial charge in [0.1, 0.15) is 11.4 Å². The number of carbonyl (C=O) groups is 1. The molecule has 0 atom stereocenters. The van der Waals surface area contributed by atoms with Crippen molar-refractivity contribution in [2.45, 2.75) is 51.2 Å². The number of rotatable bonds is 7. The smallest absolute Gasteiger partial charge is 0.408 e. The fourth-order valence-corrected chi connectivity index (χ4v) is 3.79. The van der Waals surface area contributed by atoms with Crippen LogP contribution in [0.5, 0.6) is 11.6 Å². The lowest BCUT2D eigenvalue weighted by Crippen LogP contribution is -2.47. The molecule has 2 N–H and O–H groups in total. The third kappa shape index (κ3) is 5.87. The summed E-state index contributed by atoms with van der Waals surface area (Å²) in [4.78, 5) is 27.7. The molecule has 0 saturated heterocycles. The molecule has 9 heteroatoms. The zero-order valence-corrected chi connectivity index (χ0v) is 19.9. The zero-order chi connectivity index (χ0) is 25.1. The average Bonchev–Trinajstić information content (AvgIpc) is 2.76. The van der Waals surface area contributed by atoms with Gasteiger partial charge in [-0.2, -0.15) is 4.98 Å². The lowest BCUT2D eigenvalue weighted by molar-refractivity contribution is -0.384. The van der Waals surface area contributed by atoms with Gasteiger partial charge < -0.3 is 20.1 Å². The second kappa shape index (κ2) is 9.61. The van der Waals surface area contributed by atoms with Crippen LogP contribution in [-0.4, -0.2) is 21.5 Å². The standard InChI is InChI=1S/C26H28N4O5/c1-25(2,3)29-24(31)35-26(16-7-17-26)18-10-12-19(13-11-18)27-23-21(30(32)33)14-15-22(28-23)34-20-8-5-4-6-9-20/h4-6,8-15H,7,16-17H2,1-3H3,(H,27,28)(H,29,31). The molecule has 1 aliphatic carbocycles. The Hall–Kier alpha value is -4.14. The fourth-order valence-electron chi connectivity index (χ4n) is 3.79. The molecule has 4 rings (SSSR count). The molecule has 182 valence electrons. The molecule has 0 aliphatic heterocycles. The molecule has 0 bridgehead atoms. The van der Waals surface area contributed by atoms with Crippen LogP contribution in [0.2, 0.25) is 0 Å². The van der Waals surface area contributed by atoms with Crippen molar-refractivity contribution < 1.29 is 19.2 Å². The normalized spacial score (nSPS) is 14.4. The van der Waals surface area contributed by atoms with E-state index in [1.807, 2.05) is 51.1 Å². The minimum Gasteiger partial charge on any atom is -0.439 e. The third-order valence-corrected chi connectivity index (χ3v) is 5.61. The van der Waals surface area contributed by atoms with Crippen LogP contribution < -0.4 is 15.4 Å². The van der Waals surface area contributed by atoms with Gasteiger partial charge in [0.15, 0.2) is 0 Å². The Labute approximate surface area is 203 Å². The highest BCUT2D eigenvalue weighted by Crippen LogP contribution is 2.45. The van der Waals surface area contributed by atoms with E-state index in [1.165, 1.54) is 12.1 Å². The van der Waals surface area contributed by atoms with Crippen molar-refractivity contribution >= 4 is 23.3 Å². The molecule has 1 amide bonds. The topological polar surface area (TPSA) is 116 Å². The van der Waals surface area contributed by atoms with Gasteiger partial charge in [0.05, 0.1) is 4.92 Å². The monoisotopic (exact) mass is 476 g/mol. The Morgan fingerprint density at radius 2 is 1.71 bits per heavy atom. The predicted octanol–water partition coefficient (Wildman–Crippen LogP) is 6.43. The lowest BCUT2D eigenvalue weighted by atomic mass is 9.75. The number of alkyl carbamates (subject to hydrolysis) is 1. The van der Waals surface area contributed by atoms with Crippen LogP contribution in [0.4, 0.5) is 22.0 Å². The molecule has 3 aromatic rings. The number of hydrogen-bond donors (Lipinski definition) is 2. The van der Waals surface area contributed by atoms with Crippen LogP contribution in [-0.2, 0) is 10.3 Å². The van der Waals surface area contributed by atoms with Crippen LogP contribution in [0.25, 0.3) is 0 Å². The second-order valence-corrected chi connectivity index (χ2v) is 9.50. The molecular formula is C26H28N4O5. The maximum absolute atomic E-state index is 12.4. The molecule has 1 heterocycles. The Morgan fingerprint density at radius 3 is 2.29 bits per heavy atom. The summed E-state index contributed by atoms with van der Waals surface area (Å²) in [5.41, 5.74) is 0.251. The number of benzene rings is 2. The van der Waals surface area contributed by atoms with E-state index in [0.717, 1.165) is 24.8 Å². The van der Waals surface area contributed by atoms with Gasteiger partial charge in [-0.05, 0) is 69.9 Å². The van der Waals surface area contributed by atoms with Gasteiger partial charge in [-0.15, -0.1) is 0 Å². The summed E-state index contributed by atoms with van der Waals surface area (Å²) >= 11 is 0. The van der Waals surface area contributed by atoms with Gasteiger partial charge in [-0.25, -0.2) is 4.79 Å². The maximum Gasteiger partial charge on any atom is 0.408 e. The van der Waals surface area contributed by atoms with Gasteiger partial charge in [0.2, 0.25) is 11.7 Å². The number of carbonyl (C=O) groups excluding carboxylic acids is 1. The number of amides is 1. The molecule has 0 spiro atoms. The van der Waals surface area contributed by atoms with Crippen molar-refractivity contribution in [2.24, 2.45) is 0 Å². The first-order valence-electron chi connectivity index (χ1n) is 11.4. The lowest BCUT2D eigenvalue weighted by Gasteiger charge is -2.42. The summed E-state index contributed by atoms with van der Waals surface area (Å²) in [6.07, 6.45) is 1.99. The molecule has 1 fully saturated rings. The van der Waals surface area contributed by atoms with E-state index >= 15 is 0 Å². The molecule has 2 aromatic carbocycles. The second-order valence-electron chi connectivity index (χ2n) is 9.50. The summed E-state index contributed by atoms with van der Waals surface area (Å²) in [6, 6.07) is 19.2. The van der Waals surface area contributed by atoms with Gasteiger partial charge >= 0.3 is 11.8 Å². The first-order valence-corrected chi connectivity index (χ1v) is 11.4. The van der Waals surface area contributed by atoms with Crippen molar-refractivity contribution in [1.82, 2.24) is 10.3 Å². The van der Waals surface area contributed by atoms with E-state index in [0.29, 0.717) is 11.4 Å². The number of nitrogens with zero attached hydrogens (tertiary/aromatic N) is 2. The van der Waals surface area contributed by atoms with Gasteiger partial charge in [0, 0.05) is 23.4 Å². The van der Waals surface area contributed by atoms with E-state index in [9.17, 15) is 14.9 Å². The van der Waals surface area contributed by atoms with Crippen molar-refractivity contribution in [3.63, 3.8) is 0 Å². The van der Waals surface area contributed by atoms with E-state index in [-0.39, 0.29) is 17.4 Å². The Kier molecular flexibility index (Phi) is 6.59. The first kappa shape index (κ1) is 24.0. The molecule has 35 heavy (non-hydrogen) atoms. The van der Waals surface area contributed by atoms with Crippen molar-refractivity contribution in [1.29, 1.82) is 0 Å². The molecule has 1 aromatic heterocycles. The number of hydrogen-bond acceptors (Lipinski definition) is 7. The van der Waals surface area contributed by atoms with Crippen LogP contribution in [0.3, 0.4) is 0 Å². The van der Waals surface area contributed by atoms with E-state index in [4.69, 9.17) is 9.47 Å². The zero-order valence-electron chi connectivity index (χ0n) is 19.9. The third-order valence-electron chi connectivity index (χ3n) is 5.61. The average molecular weight is 477 g/mol. The van der Waals surface area contributed by atoms with Crippen molar-refractivity contribution in [2.75, 3.05) is 5.32 Å². The predicted molar refractivity (Wildman–Crippen MR) is 132 cm³/mol. The summed E-state index contributed by atoms with van der Waals surface area (Å²) in [6.45, 7) is 5.69. The van der Waals surface area contributed by atoms with Crippen LogP contribution >= 0.6 is 0 Å². The summed E-state index contributed by atoms with van der Waals surface area (Å²) < 4.78 is 11.5. The number of ether oxygens (including phenoxy) is 2.